The molecule has 1 N–H and O–H groups in total. The number of amides is 1. The van der Waals surface area contributed by atoms with Crippen LogP contribution in [0.3, 0.4) is 0 Å². The summed E-state index contributed by atoms with van der Waals surface area (Å²) in [4.78, 5) is 41.4. The third kappa shape index (κ3) is 9.47. The van der Waals surface area contributed by atoms with Crippen molar-refractivity contribution in [1.29, 1.82) is 0 Å². The highest BCUT2D eigenvalue weighted by Gasteiger charge is 2.35. The number of aromatic nitrogens is 1. The van der Waals surface area contributed by atoms with Gasteiger partial charge in [0.25, 0.3) is 5.91 Å². The SMILES string of the molecule is CCCO[C@H]1COC[C@H](NC(=O)c2nccc(OC)c2OCOC(C)=O)C(=O)O[C@@H](C)[C@@H]1CCC(C)C. The smallest absolute Gasteiger partial charge is 0.331 e. The molecule has 0 aromatic carbocycles. The molecule has 1 aliphatic rings. The van der Waals surface area contributed by atoms with Crippen molar-refractivity contribution in [3.05, 3.63) is 18.0 Å². The third-order valence-electron chi connectivity index (χ3n) is 5.92. The van der Waals surface area contributed by atoms with E-state index in [0.29, 0.717) is 12.5 Å². The number of cyclic esters (lactones) is 1. The molecule has 0 aliphatic carbocycles. The lowest BCUT2D eigenvalue weighted by Gasteiger charge is -2.31. The van der Waals surface area contributed by atoms with Crippen molar-refractivity contribution in [3.63, 3.8) is 0 Å². The first-order valence-electron chi connectivity index (χ1n) is 12.7. The van der Waals surface area contributed by atoms with Gasteiger partial charge >= 0.3 is 11.9 Å². The summed E-state index contributed by atoms with van der Waals surface area (Å²) < 4.78 is 33.2. The van der Waals surface area contributed by atoms with E-state index in [1.54, 1.807) is 0 Å². The van der Waals surface area contributed by atoms with Gasteiger partial charge in [-0.25, -0.2) is 9.78 Å². The summed E-state index contributed by atoms with van der Waals surface area (Å²) in [6, 6.07) is 0.409. The molecule has 208 valence electrons. The van der Waals surface area contributed by atoms with E-state index in [1.165, 1.54) is 26.3 Å². The van der Waals surface area contributed by atoms with Gasteiger partial charge in [0.2, 0.25) is 6.79 Å². The van der Waals surface area contributed by atoms with Crippen LogP contribution in [0.4, 0.5) is 0 Å². The van der Waals surface area contributed by atoms with Crippen LogP contribution in [0.25, 0.3) is 0 Å². The summed E-state index contributed by atoms with van der Waals surface area (Å²) in [6.07, 6.45) is 3.31. The van der Waals surface area contributed by atoms with Crippen molar-refractivity contribution in [2.75, 3.05) is 33.7 Å². The minimum Gasteiger partial charge on any atom is -0.493 e. The van der Waals surface area contributed by atoms with Gasteiger partial charge in [-0.2, -0.15) is 0 Å². The first-order chi connectivity index (χ1) is 17.7. The number of esters is 2. The fourth-order valence-corrected chi connectivity index (χ4v) is 3.93. The van der Waals surface area contributed by atoms with Crippen molar-refractivity contribution in [2.24, 2.45) is 11.8 Å². The van der Waals surface area contributed by atoms with Crippen molar-refractivity contribution in [2.45, 2.75) is 72.1 Å². The van der Waals surface area contributed by atoms with Crippen LogP contribution in [0, 0.1) is 11.8 Å². The number of nitrogens with zero attached hydrogens (tertiary/aromatic N) is 1. The largest absolute Gasteiger partial charge is 0.493 e. The van der Waals surface area contributed by atoms with Gasteiger partial charge in [-0.05, 0) is 25.7 Å². The highest BCUT2D eigenvalue weighted by molar-refractivity contribution is 5.98. The summed E-state index contributed by atoms with van der Waals surface area (Å²) >= 11 is 0. The quantitative estimate of drug-likeness (QED) is 0.322. The molecule has 11 nitrogen and oxygen atoms in total. The minimum absolute atomic E-state index is 0.0313. The Kier molecular flexibility index (Phi) is 12.6. The minimum atomic E-state index is -1.08. The highest BCUT2D eigenvalue weighted by atomic mass is 16.7. The molecule has 1 amide bonds. The molecular weight excluding hydrogens is 484 g/mol. The van der Waals surface area contributed by atoms with Crippen molar-refractivity contribution < 1.29 is 42.8 Å². The predicted octanol–water partition coefficient (Wildman–Crippen LogP) is 2.90. The second kappa shape index (κ2) is 15.4. The van der Waals surface area contributed by atoms with E-state index >= 15 is 0 Å². The second-order valence-corrected chi connectivity index (χ2v) is 9.34. The van der Waals surface area contributed by atoms with Crippen LogP contribution >= 0.6 is 0 Å². The van der Waals surface area contributed by atoms with Crippen LogP contribution in [-0.4, -0.2) is 74.8 Å². The topological polar surface area (TPSA) is 132 Å². The zero-order chi connectivity index (χ0) is 27.4. The molecular formula is C26H40N2O9. The van der Waals surface area contributed by atoms with Gasteiger partial charge in [0.05, 0.1) is 26.4 Å². The van der Waals surface area contributed by atoms with E-state index < -0.39 is 36.8 Å². The molecule has 1 saturated heterocycles. The van der Waals surface area contributed by atoms with Crippen LogP contribution in [0.5, 0.6) is 11.5 Å². The average Bonchev–Trinajstić information content (AvgIpc) is 2.89. The standard InChI is InChI=1S/C26H40N2O9/c1-7-12-34-22-14-33-13-20(26(31)37-17(4)19(22)9-8-16(2)3)28-25(30)23-24(36-15-35-18(5)29)21(32-6)10-11-27-23/h10-11,16-17,19-20,22H,7-9,12-15H2,1-6H3,(H,28,30)/t17-,19-,20-,22-/m0/s1. The Bertz CT molecular complexity index is 893. The lowest BCUT2D eigenvalue weighted by molar-refractivity contribution is -0.155. The normalized spacial score (nSPS) is 22.3. The molecule has 11 heteroatoms. The maximum absolute atomic E-state index is 13.2. The Balaban J connectivity index is 2.20. The van der Waals surface area contributed by atoms with Crippen LogP contribution in [0.15, 0.2) is 12.3 Å². The zero-order valence-corrected chi connectivity index (χ0v) is 22.6. The number of pyridine rings is 1. The molecule has 2 rings (SSSR count). The average molecular weight is 525 g/mol. The van der Waals surface area contributed by atoms with E-state index in [2.05, 4.69) is 24.1 Å². The molecule has 0 spiro atoms. The van der Waals surface area contributed by atoms with E-state index in [4.69, 9.17) is 28.4 Å². The molecule has 4 atom stereocenters. The van der Waals surface area contributed by atoms with E-state index in [0.717, 1.165) is 19.3 Å². The summed E-state index contributed by atoms with van der Waals surface area (Å²) in [7, 11) is 1.40. The van der Waals surface area contributed by atoms with E-state index in [1.807, 2.05) is 13.8 Å². The highest BCUT2D eigenvalue weighted by Crippen LogP contribution is 2.30. The lowest BCUT2D eigenvalue weighted by Crippen LogP contribution is -2.46. The monoisotopic (exact) mass is 524 g/mol. The molecule has 2 heterocycles. The molecule has 1 aromatic heterocycles. The maximum atomic E-state index is 13.2. The molecule has 0 radical (unpaired) electrons. The summed E-state index contributed by atoms with van der Waals surface area (Å²) in [6.45, 7) is 9.69. The van der Waals surface area contributed by atoms with Crippen LogP contribution < -0.4 is 14.8 Å². The van der Waals surface area contributed by atoms with E-state index in [-0.39, 0.29) is 42.4 Å². The number of methoxy groups -OCH3 is 1. The fourth-order valence-electron chi connectivity index (χ4n) is 3.93. The maximum Gasteiger partial charge on any atom is 0.331 e. The number of hydrogen-bond acceptors (Lipinski definition) is 10. The van der Waals surface area contributed by atoms with Gasteiger partial charge in [0, 0.05) is 31.7 Å². The Morgan fingerprint density at radius 2 is 2.03 bits per heavy atom. The summed E-state index contributed by atoms with van der Waals surface area (Å²) in [5.74, 6) is -1.26. The Labute approximate surface area is 218 Å². The fraction of sp³-hybridized carbons (Fsp3) is 0.692. The van der Waals surface area contributed by atoms with Crippen molar-refractivity contribution in [1.82, 2.24) is 10.3 Å². The van der Waals surface area contributed by atoms with Gasteiger partial charge in [0.1, 0.15) is 6.10 Å². The first kappa shape index (κ1) is 30.3. The lowest BCUT2D eigenvalue weighted by atomic mass is 9.89. The number of rotatable bonds is 12. The summed E-state index contributed by atoms with van der Waals surface area (Å²) in [5, 5.41) is 2.63. The summed E-state index contributed by atoms with van der Waals surface area (Å²) in [5.41, 5.74) is -0.147. The van der Waals surface area contributed by atoms with Gasteiger partial charge in [-0.3, -0.25) is 9.59 Å². The molecule has 1 aliphatic heterocycles. The zero-order valence-electron chi connectivity index (χ0n) is 22.6. The Morgan fingerprint density at radius 3 is 2.68 bits per heavy atom. The van der Waals surface area contributed by atoms with E-state index in [9.17, 15) is 14.4 Å². The number of nitrogens with one attached hydrogen (secondary N) is 1. The molecule has 1 fully saturated rings. The number of ether oxygens (including phenoxy) is 6. The Morgan fingerprint density at radius 1 is 1.27 bits per heavy atom. The second-order valence-electron chi connectivity index (χ2n) is 9.34. The van der Waals surface area contributed by atoms with Gasteiger partial charge in [-0.15, -0.1) is 0 Å². The molecule has 0 unspecified atom stereocenters. The van der Waals surface area contributed by atoms with Gasteiger partial charge in [0.15, 0.2) is 23.2 Å². The molecule has 1 aromatic rings. The number of carbonyl (C=O) groups is 3. The third-order valence-corrected chi connectivity index (χ3v) is 5.92. The van der Waals surface area contributed by atoms with Gasteiger partial charge in [-0.1, -0.05) is 27.2 Å². The number of carbonyl (C=O) groups excluding carboxylic acids is 3. The molecule has 0 saturated carbocycles. The first-order valence-corrected chi connectivity index (χ1v) is 12.7. The number of hydrogen-bond donors (Lipinski definition) is 1. The van der Waals surface area contributed by atoms with Crippen LogP contribution in [-0.2, 0) is 28.5 Å². The van der Waals surface area contributed by atoms with Gasteiger partial charge < -0.3 is 33.7 Å². The van der Waals surface area contributed by atoms with Crippen molar-refractivity contribution in [3.8, 4) is 11.5 Å². The predicted molar refractivity (Wildman–Crippen MR) is 133 cm³/mol. The molecule has 37 heavy (non-hydrogen) atoms. The Hall–Kier alpha value is -2.92. The van der Waals surface area contributed by atoms with Crippen LogP contribution in [0.2, 0.25) is 0 Å². The van der Waals surface area contributed by atoms with Crippen molar-refractivity contribution >= 4 is 17.8 Å². The van der Waals surface area contributed by atoms with Crippen LogP contribution in [0.1, 0.15) is 64.4 Å². The molecule has 0 bridgehead atoms.